The fraction of sp³-hybridized carbons (Fsp3) is 0.346. The highest BCUT2D eigenvalue weighted by Crippen LogP contribution is 2.42. The van der Waals surface area contributed by atoms with Gasteiger partial charge in [0.25, 0.3) is 0 Å². The third kappa shape index (κ3) is 3.64. The number of aromatic nitrogens is 1. The number of nitrogens with one attached hydrogen (secondary N) is 1. The van der Waals surface area contributed by atoms with E-state index in [1.165, 1.54) is 7.11 Å². The molecule has 5 rings (SSSR count). The zero-order valence-corrected chi connectivity index (χ0v) is 19.2. The minimum absolute atomic E-state index is 0.0391. The second kappa shape index (κ2) is 8.95. The van der Waals surface area contributed by atoms with Gasteiger partial charge < -0.3 is 24.3 Å². The molecule has 0 radical (unpaired) electrons. The van der Waals surface area contributed by atoms with Gasteiger partial charge in [-0.2, -0.15) is 0 Å². The molecule has 0 saturated carbocycles. The summed E-state index contributed by atoms with van der Waals surface area (Å²) in [6, 6.07) is 14.0. The van der Waals surface area contributed by atoms with Crippen LogP contribution in [0.2, 0.25) is 0 Å². The monoisotopic (exact) mass is 461 g/mol. The first-order valence-electron chi connectivity index (χ1n) is 11.4. The van der Waals surface area contributed by atoms with Gasteiger partial charge in [-0.15, -0.1) is 0 Å². The van der Waals surface area contributed by atoms with Gasteiger partial charge in [-0.25, -0.2) is 4.79 Å². The number of methoxy groups -OCH3 is 2. The van der Waals surface area contributed by atoms with Crippen LogP contribution in [0, 0.1) is 0 Å². The molecule has 2 aliphatic heterocycles. The van der Waals surface area contributed by atoms with E-state index in [4.69, 9.17) is 9.47 Å². The predicted octanol–water partition coefficient (Wildman–Crippen LogP) is 2.68. The van der Waals surface area contributed by atoms with Gasteiger partial charge in [-0.1, -0.05) is 30.3 Å². The van der Waals surface area contributed by atoms with Gasteiger partial charge in [-0.3, -0.25) is 9.59 Å². The first kappa shape index (κ1) is 22.2. The molecule has 0 bridgehead atoms. The quantitative estimate of drug-likeness (QED) is 0.450. The van der Waals surface area contributed by atoms with Gasteiger partial charge in [0.2, 0.25) is 11.8 Å². The SMILES string of the molecule is COCCCN1CC(=O)N2C(c3ccc(C(=O)OC)cc3)c3[nH]c4ccccc4c3C[C@@H]2C1=O. The number of carbonyl (C=O) groups is 3. The van der Waals surface area contributed by atoms with Crippen molar-refractivity contribution >= 4 is 28.7 Å². The van der Waals surface area contributed by atoms with Crippen LogP contribution >= 0.6 is 0 Å². The number of hydrogen-bond donors (Lipinski definition) is 1. The topological polar surface area (TPSA) is 91.9 Å². The molecule has 3 heterocycles. The first-order chi connectivity index (χ1) is 16.5. The molecule has 0 aliphatic carbocycles. The number of amides is 2. The van der Waals surface area contributed by atoms with Crippen LogP contribution in [0.4, 0.5) is 0 Å². The van der Waals surface area contributed by atoms with Crippen LogP contribution in [0.3, 0.4) is 0 Å². The Morgan fingerprint density at radius 1 is 1.09 bits per heavy atom. The van der Waals surface area contributed by atoms with Crippen molar-refractivity contribution in [3.8, 4) is 0 Å². The van der Waals surface area contributed by atoms with E-state index < -0.39 is 18.1 Å². The van der Waals surface area contributed by atoms with Crippen LogP contribution in [0.15, 0.2) is 48.5 Å². The molecule has 2 atom stereocenters. The Morgan fingerprint density at radius 2 is 1.85 bits per heavy atom. The van der Waals surface area contributed by atoms with Gasteiger partial charge in [0.1, 0.15) is 6.04 Å². The number of aromatic amines is 1. The Labute approximate surface area is 197 Å². The maximum Gasteiger partial charge on any atom is 0.337 e. The molecule has 1 aromatic heterocycles. The molecule has 2 aromatic carbocycles. The molecule has 2 amide bonds. The second-order valence-corrected chi connectivity index (χ2v) is 8.71. The maximum absolute atomic E-state index is 13.5. The summed E-state index contributed by atoms with van der Waals surface area (Å²) in [5.41, 5.74) is 4.21. The van der Waals surface area contributed by atoms with Crippen LogP contribution in [0.5, 0.6) is 0 Å². The molecule has 34 heavy (non-hydrogen) atoms. The average Bonchev–Trinajstić information content (AvgIpc) is 3.24. The molecular weight excluding hydrogens is 434 g/mol. The van der Waals surface area contributed by atoms with E-state index in [1.807, 2.05) is 36.4 Å². The number of piperazine rings is 1. The van der Waals surface area contributed by atoms with E-state index in [0.717, 1.165) is 27.7 Å². The molecule has 8 nitrogen and oxygen atoms in total. The Kier molecular flexibility index (Phi) is 5.83. The van der Waals surface area contributed by atoms with Crippen LogP contribution in [-0.4, -0.2) is 72.5 Å². The zero-order valence-electron chi connectivity index (χ0n) is 19.2. The molecule has 1 N–H and O–H groups in total. The number of H-pyrrole nitrogens is 1. The van der Waals surface area contributed by atoms with E-state index in [-0.39, 0.29) is 18.4 Å². The largest absolute Gasteiger partial charge is 0.465 e. The molecule has 3 aromatic rings. The van der Waals surface area contributed by atoms with Crippen molar-refractivity contribution < 1.29 is 23.9 Å². The third-order valence-corrected chi connectivity index (χ3v) is 6.77. The number of esters is 1. The van der Waals surface area contributed by atoms with E-state index in [0.29, 0.717) is 31.6 Å². The summed E-state index contributed by atoms with van der Waals surface area (Å²) < 4.78 is 9.94. The highest BCUT2D eigenvalue weighted by molar-refractivity contribution is 5.97. The van der Waals surface area contributed by atoms with Crippen molar-refractivity contribution in [3.05, 3.63) is 70.9 Å². The van der Waals surface area contributed by atoms with Crippen molar-refractivity contribution in [1.82, 2.24) is 14.8 Å². The lowest BCUT2D eigenvalue weighted by atomic mass is 9.86. The Bertz CT molecular complexity index is 1250. The molecule has 1 unspecified atom stereocenters. The predicted molar refractivity (Wildman–Crippen MR) is 125 cm³/mol. The van der Waals surface area contributed by atoms with Gasteiger partial charge >= 0.3 is 5.97 Å². The molecule has 8 heteroatoms. The Balaban J connectivity index is 1.59. The van der Waals surface area contributed by atoms with Gasteiger partial charge in [0.15, 0.2) is 0 Å². The fourth-order valence-corrected chi connectivity index (χ4v) is 5.18. The van der Waals surface area contributed by atoms with E-state index in [2.05, 4.69) is 4.98 Å². The summed E-state index contributed by atoms with van der Waals surface area (Å²) in [5.74, 6) is -0.550. The number of hydrogen-bond acceptors (Lipinski definition) is 5. The molecule has 1 fully saturated rings. The standard InChI is InChI=1S/C26H27N3O5/c1-33-13-5-12-28-15-22(30)29-21(25(28)31)14-19-18-6-3-4-7-20(18)27-23(19)24(29)16-8-10-17(11-9-16)26(32)34-2/h3-4,6-11,21,24,27H,5,12-15H2,1-2H3/t21-,24?/m1/s1. The van der Waals surface area contributed by atoms with E-state index in [9.17, 15) is 14.4 Å². The molecule has 176 valence electrons. The number of rotatable bonds is 6. The minimum Gasteiger partial charge on any atom is -0.465 e. The summed E-state index contributed by atoms with van der Waals surface area (Å²) in [7, 11) is 2.97. The van der Waals surface area contributed by atoms with Crippen LogP contribution in [-0.2, 0) is 25.5 Å². The number of fused-ring (bicyclic) bond motifs is 4. The molecule has 0 spiro atoms. The van der Waals surface area contributed by atoms with Crippen molar-refractivity contribution in [1.29, 1.82) is 0 Å². The van der Waals surface area contributed by atoms with Gasteiger partial charge in [0, 0.05) is 43.3 Å². The summed E-state index contributed by atoms with van der Waals surface area (Å²) >= 11 is 0. The number of benzene rings is 2. The first-order valence-corrected chi connectivity index (χ1v) is 11.4. The molecule has 1 saturated heterocycles. The van der Waals surface area contributed by atoms with Gasteiger partial charge in [-0.05, 0) is 35.7 Å². The lowest BCUT2D eigenvalue weighted by molar-refractivity contribution is -0.158. The maximum atomic E-state index is 13.5. The highest BCUT2D eigenvalue weighted by Gasteiger charge is 2.48. The average molecular weight is 462 g/mol. The van der Waals surface area contributed by atoms with Crippen LogP contribution < -0.4 is 0 Å². The highest BCUT2D eigenvalue weighted by atomic mass is 16.5. The molecular formula is C26H27N3O5. The van der Waals surface area contributed by atoms with Crippen molar-refractivity contribution in [3.63, 3.8) is 0 Å². The van der Waals surface area contributed by atoms with Crippen LogP contribution in [0.1, 0.15) is 39.6 Å². The van der Waals surface area contributed by atoms with Gasteiger partial charge in [0.05, 0.1) is 25.3 Å². The summed E-state index contributed by atoms with van der Waals surface area (Å²) in [4.78, 5) is 45.8. The number of para-hydroxylation sites is 1. The zero-order chi connectivity index (χ0) is 23.8. The molecule has 2 aliphatic rings. The van der Waals surface area contributed by atoms with E-state index >= 15 is 0 Å². The third-order valence-electron chi connectivity index (χ3n) is 6.77. The lowest BCUT2D eigenvalue weighted by Gasteiger charge is -2.47. The van der Waals surface area contributed by atoms with Crippen molar-refractivity contribution in [2.75, 3.05) is 33.9 Å². The van der Waals surface area contributed by atoms with E-state index in [1.54, 1.807) is 29.0 Å². The smallest absolute Gasteiger partial charge is 0.337 e. The Hall–Kier alpha value is -3.65. The second-order valence-electron chi connectivity index (χ2n) is 8.71. The normalized spacial score (nSPS) is 19.8. The number of nitrogens with zero attached hydrogens (tertiary/aromatic N) is 2. The fourth-order valence-electron chi connectivity index (χ4n) is 5.18. The minimum atomic E-state index is -0.583. The van der Waals surface area contributed by atoms with Crippen molar-refractivity contribution in [2.45, 2.75) is 24.9 Å². The number of ether oxygens (including phenoxy) is 2. The Morgan fingerprint density at radius 3 is 2.59 bits per heavy atom. The van der Waals surface area contributed by atoms with Crippen molar-refractivity contribution in [2.24, 2.45) is 0 Å². The summed E-state index contributed by atoms with van der Waals surface area (Å²) in [5, 5.41) is 1.06. The summed E-state index contributed by atoms with van der Waals surface area (Å²) in [6.07, 6.45) is 1.14. The van der Waals surface area contributed by atoms with Crippen LogP contribution in [0.25, 0.3) is 10.9 Å². The number of carbonyl (C=O) groups excluding carboxylic acids is 3. The lowest BCUT2D eigenvalue weighted by Crippen LogP contribution is -2.63. The summed E-state index contributed by atoms with van der Waals surface area (Å²) in [6.45, 7) is 1.07.